The molecule has 8 heteroatoms. The van der Waals surface area contributed by atoms with E-state index in [1.54, 1.807) is 0 Å². The lowest BCUT2D eigenvalue weighted by atomic mass is 10.0. The first-order valence-electron chi connectivity index (χ1n) is 5.67. The quantitative estimate of drug-likeness (QED) is 0.473. The summed E-state index contributed by atoms with van der Waals surface area (Å²) >= 11 is 0. The summed E-state index contributed by atoms with van der Waals surface area (Å²) in [5, 5.41) is 11.1. The van der Waals surface area contributed by atoms with Crippen molar-refractivity contribution >= 4 is 11.7 Å². The Morgan fingerprint density at radius 2 is 1.85 bits per heavy atom. The molecule has 0 radical (unpaired) electrons. The molecule has 0 aliphatic carbocycles. The van der Waals surface area contributed by atoms with Crippen LogP contribution < -0.4 is 15.2 Å². The number of rotatable bonds is 6. The molecular formula is C12H16N2O6. The van der Waals surface area contributed by atoms with Gasteiger partial charge in [0.25, 0.3) is 5.69 Å². The van der Waals surface area contributed by atoms with Crippen LogP contribution in [0.3, 0.4) is 0 Å². The zero-order valence-electron chi connectivity index (χ0n) is 11.4. The van der Waals surface area contributed by atoms with Crippen molar-refractivity contribution in [2.45, 2.75) is 12.5 Å². The summed E-state index contributed by atoms with van der Waals surface area (Å²) < 4.78 is 14.6. The number of nitro groups is 1. The van der Waals surface area contributed by atoms with Gasteiger partial charge in [0.15, 0.2) is 11.5 Å². The molecule has 0 amide bonds. The molecule has 20 heavy (non-hydrogen) atoms. The van der Waals surface area contributed by atoms with E-state index in [1.807, 2.05) is 0 Å². The van der Waals surface area contributed by atoms with Crippen molar-refractivity contribution < 1.29 is 23.9 Å². The first kappa shape index (κ1) is 15.7. The van der Waals surface area contributed by atoms with E-state index in [0.29, 0.717) is 5.75 Å². The SMILES string of the molecule is COC(=O)C[C@@H](N)c1cc(OC)c(OC)cc1[N+](=O)[O-]. The second kappa shape index (κ2) is 6.71. The number of esters is 1. The summed E-state index contributed by atoms with van der Waals surface area (Å²) in [5.74, 6) is -0.0387. The molecule has 0 bridgehead atoms. The maximum Gasteiger partial charge on any atom is 0.307 e. The third kappa shape index (κ3) is 3.35. The number of carbonyl (C=O) groups is 1. The van der Waals surface area contributed by atoms with Crippen LogP contribution in [-0.2, 0) is 9.53 Å². The number of hydrogen-bond acceptors (Lipinski definition) is 7. The largest absolute Gasteiger partial charge is 0.493 e. The second-order valence-corrected chi connectivity index (χ2v) is 3.91. The summed E-state index contributed by atoms with van der Waals surface area (Å²) in [6, 6.07) is 1.73. The summed E-state index contributed by atoms with van der Waals surface area (Å²) in [6.07, 6.45) is -0.174. The number of methoxy groups -OCH3 is 3. The molecule has 1 aromatic carbocycles. The Hall–Kier alpha value is -2.35. The van der Waals surface area contributed by atoms with E-state index in [2.05, 4.69) is 4.74 Å². The molecule has 0 saturated heterocycles. The monoisotopic (exact) mass is 284 g/mol. The number of ether oxygens (including phenoxy) is 3. The lowest BCUT2D eigenvalue weighted by Gasteiger charge is -2.14. The van der Waals surface area contributed by atoms with Gasteiger partial charge in [0.2, 0.25) is 0 Å². The highest BCUT2D eigenvalue weighted by Crippen LogP contribution is 2.37. The second-order valence-electron chi connectivity index (χ2n) is 3.91. The smallest absolute Gasteiger partial charge is 0.307 e. The van der Waals surface area contributed by atoms with Crippen molar-refractivity contribution in [1.29, 1.82) is 0 Å². The molecule has 8 nitrogen and oxygen atoms in total. The topological polar surface area (TPSA) is 114 Å². The van der Waals surface area contributed by atoms with Crippen LogP contribution in [0.1, 0.15) is 18.0 Å². The molecule has 2 N–H and O–H groups in total. The molecule has 0 aromatic heterocycles. The Kier molecular flexibility index (Phi) is 5.27. The molecule has 0 saturated carbocycles. The zero-order chi connectivity index (χ0) is 15.3. The van der Waals surface area contributed by atoms with Crippen LogP contribution in [0.15, 0.2) is 12.1 Å². The maximum absolute atomic E-state index is 11.2. The molecule has 0 aliphatic rings. The first-order valence-corrected chi connectivity index (χ1v) is 5.67. The van der Waals surface area contributed by atoms with Crippen LogP contribution in [0, 0.1) is 10.1 Å². The number of nitrogens with zero attached hydrogens (tertiary/aromatic N) is 1. The standard InChI is InChI=1S/C12H16N2O6/c1-18-10-4-7(8(13)5-12(15)20-3)9(14(16)17)6-11(10)19-2/h4,6,8H,5,13H2,1-3H3/t8-/m1/s1. The molecule has 0 aliphatic heterocycles. The fourth-order valence-corrected chi connectivity index (χ4v) is 1.71. The molecule has 110 valence electrons. The third-order valence-electron chi connectivity index (χ3n) is 2.74. The van der Waals surface area contributed by atoms with Crippen LogP contribution in [0.5, 0.6) is 11.5 Å². The number of carbonyl (C=O) groups excluding carboxylic acids is 1. The fraction of sp³-hybridized carbons (Fsp3) is 0.417. The molecule has 0 heterocycles. The highest BCUT2D eigenvalue weighted by molar-refractivity contribution is 5.71. The first-order chi connectivity index (χ1) is 9.44. The number of nitro benzene ring substituents is 1. The summed E-state index contributed by atoms with van der Waals surface area (Å²) in [4.78, 5) is 21.7. The molecule has 1 aromatic rings. The van der Waals surface area contributed by atoms with Crippen LogP contribution >= 0.6 is 0 Å². The van der Waals surface area contributed by atoms with Crippen LogP contribution in [0.4, 0.5) is 5.69 Å². The third-order valence-corrected chi connectivity index (χ3v) is 2.74. The van der Waals surface area contributed by atoms with E-state index in [4.69, 9.17) is 15.2 Å². The number of benzene rings is 1. The van der Waals surface area contributed by atoms with Gasteiger partial charge in [-0.3, -0.25) is 14.9 Å². The van der Waals surface area contributed by atoms with Crippen LogP contribution in [-0.4, -0.2) is 32.2 Å². The van der Waals surface area contributed by atoms with Crippen molar-refractivity contribution in [2.24, 2.45) is 5.73 Å². The van der Waals surface area contributed by atoms with Crippen LogP contribution in [0.25, 0.3) is 0 Å². The number of nitrogens with two attached hydrogens (primary N) is 1. The Morgan fingerprint density at radius 3 is 2.30 bits per heavy atom. The van der Waals surface area contributed by atoms with Gasteiger partial charge in [-0.05, 0) is 6.07 Å². The van der Waals surface area contributed by atoms with Gasteiger partial charge in [-0.15, -0.1) is 0 Å². The molecule has 0 fully saturated rings. The van der Waals surface area contributed by atoms with Gasteiger partial charge in [0, 0.05) is 6.04 Å². The van der Waals surface area contributed by atoms with E-state index >= 15 is 0 Å². The molecule has 0 unspecified atom stereocenters. The van der Waals surface area contributed by atoms with Gasteiger partial charge < -0.3 is 19.9 Å². The lowest BCUT2D eigenvalue weighted by molar-refractivity contribution is -0.385. The zero-order valence-corrected chi connectivity index (χ0v) is 11.4. The highest BCUT2D eigenvalue weighted by atomic mass is 16.6. The minimum absolute atomic E-state index is 0.174. The fourth-order valence-electron chi connectivity index (χ4n) is 1.71. The minimum atomic E-state index is -0.873. The maximum atomic E-state index is 11.2. The Labute approximate surface area is 115 Å². The van der Waals surface area contributed by atoms with Gasteiger partial charge in [-0.25, -0.2) is 0 Å². The van der Waals surface area contributed by atoms with Gasteiger partial charge in [-0.1, -0.05) is 0 Å². The predicted octanol–water partition coefficient (Wildman–Crippen LogP) is 1.17. The van der Waals surface area contributed by atoms with Crippen LogP contribution in [0.2, 0.25) is 0 Å². The van der Waals surface area contributed by atoms with Gasteiger partial charge in [-0.2, -0.15) is 0 Å². The van der Waals surface area contributed by atoms with Crippen molar-refractivity contribution in [2.75, 3.05) is 21.3 Å². The summed E-state index contributed by atoms with van der Waals surface area (Å²) in [5.41, 5.74) is 5.77. The van der Waals surface area contributed by atoms with E-state index in [-0.39, 0.29) is 23.4 Å². The molecule has 1 rings (SSSR count). The van der Waals surface area contributed by atoms with Gasteiger partial charge in [0.1, 0.15) is 0 Å². The van der Waals surface area contributed by atoms with Crippen molar-refractivity contribution in [3.8, 4) is 11.5 Å². The molecule has 1 atom stereocenters. The summed E-state index contributed by atoms with van der Waals surface area (Å²) in [7, 11) is 3.99. The van der Waals surface area contributed by atoms with E-state index in [9.17, 15) is 14.9 Å². The van der Waals surface area contributed by atoms with Gasteiger partial charge in [0.05, 0.1) is 44.3 Å². The predicted molar refractivity (Wildman–Crippen MR) is 69.8 cm³/mol. The minimum Gasteiger partial charge on any atom is -0.493 e. The summed E-state index contributed by atoms with van der Waals surface area (Å²) in [6.45, 7) is 0. The normalized spacial score (nSPS) is 11.6. The van der Waals surface area contributed by atoms with E-state index in [0.717, 1.165) is 0 Å². The van der Waals surface area contributed by atoms with Crippen molar-refractivity contribution in [3.63, 3.8) is 0 Å². The molecule has 0 spiro atoms. The Morgan fingerprint density at radius 1 is 1.30 bits per heavy atom. The number of hydrogen-bond donors (Lipinski definition) is 1. The van der Waals surface area contributed by atoms with E-state index in [1.165, 1.54) is 33.5 Å². The Balaban J connectivity index is 3.28. The van der Waals surface area contributed by atoms with Crippen molar-refractivity contribution in [3.05, 3.63) is 27.8 Å². The van der Waals surface area contributed by atoms with Crippen molar-refractivity contribution in [1.82, 2.24) is 0 Å². The van der Waals surface area contributed by atoms with E-state index < -0.39 is 16.9 Å². The molecular weight excluding hydrogens is 268 g/mol. The average Bonchev–Trinajstić information content (AvgIpc) is 2.45. The van der Waals surface area contributed by atoms with Gasteiger partial charge >= 0.3 is 5.97 Å². The lowest BCUT2D eigenvalue weighted by Crippen LogP contribution is -2.18. The Bertz CT molecular complexity index is 517. The highest BCUT2D eigenvalue weighted by Gasteiger charge is 2.25. The average molecular weight is 284 g/mol.